The first-order chi connectivity index (χ1) is 15.9. The van der Waals surface area contributed by atoms with E-state index in [0.717, 1.165) is 15.6 Å². The van der Waals surface area contributed by atoms with Crippen molar-refractivity contribution in [3.05, 3.63) is 92.4 Å². The van der Waals surface area contributed by atoms with E-state index < -0.39 is 0 Å². The zero-order valence-corrected chi connectivity index (χ0v) is 20.5. The molecule has 3 aromatic carbocycles. The topological polar surface area (TPSA) is 79.8 Å². The van der Waals surface area contributed by atoms with Gasteiger partial charge in [-0.2, -0.15) is 5.10 Å². The molecule has 0 radical (unpaired) electrons. The van der Waals surface area contributed by atoms with Crippen molar-refractivity contribution in [3.8, 4) is 5.75 Å². The van der Waals surface area contributed by atoms with Crippen molar-refractivity contribution >= 4 is 62.8 Å². The van der Waals surface area contributed by atoms with Gasteiger partial charge in [0.25, 0.3) is 0 Å². The average molecular weight is 549 g/mol. The van der Waals surface area contributed by atoms with Crippen LogP contribution in [0.25, 0.3) is 0 Å². The van der Waals surface area contributed by atoms with Crippen LogP contribution in [0.4, 0.5) is 5.69 Å². The largest absolute Gasteiger partial charge is 0.488 e. The molecule has 3 rings (SSSR count). The summed E-state index contributed by atoms with van der Waals surface area (Å²) in [6, 6.07) is 19.7. The predicted molar refractivity (Wildman–Crippen MR) is 135 cm³/mol. The predicted octanol–water partition coefficient (Wildman–Crippen LogP) is 6.20. The Kier molecular flexibility index (Phi) is 9.30. The minimum Gasteiger partial charge on any atom is -0.488 e. The standard InChI is InChI=1S/C24H20BrCl2N3O3/c25-20-12-16(6-9-22(20)33-15-17-7-8-18(26)13-21(17)27)14-28-30-24(32)11-10-23(31)29-19-4-2-1-3-5-19/h1-9,12-14H,10-11,15H2,(H,29,31)(H,30,32). The Morgan fingerprint density at radius 3 is 2.45 bits per heavy atom. The molecule has 0 unspecified atom stereocenters. The average Bonchev–Trinajstić information content (AvgIpc) is 2.79. The summed E-state index contributed by atoms with van der Waals surface area (Å²) in [7, 11) is 0. The fourth-order valence-electron chi connectivity index (χ4n) is 2.72. The third kappa shape index (κ3) is 8.20. The van der Waals surface area contributed by atoms with Crippen molar-refractivity contribution in [3.63, 3.8) is 0 Å². The molecule has 2 N–H and O–H groups in total. The fraction of sp³-hybridized carbons (Fsp3) is 0.125. The first-order valence-corrected chi connectivity index (χ1v) is 11.5. The Hall–Kier alpha value is -2.87. The summed E-state index contributed by atoms with van der Waals surface area (Å²) in [5, 5.41) is 7.77. The quantitative estimate of drug-likeness (QED) is 0.246. The highest BCUT2D eigenvalue weighted by Gasteiger charge is 2.08. The Labute approximate surface area is 210 Å². The highest BCUT2D eigenvalue weighted by atomic mass is 79.9. The first kappa shape index (κ1) is 24.8. The van der Waals surface area contributed by atoms with Gasteiger partial charge in [0.05, 0.1) is 10.7 Å². The summed E-state index contributed by atoms with van der Waals surface area (Å²) in [5.74, 6) is 0.0414. The van der Waals surface area contributed by atoms with E-state index in [9.17, 15) is 9.59 Å². The van der Waals surface area contributed by atoms with Gasteiger partial charge >= 0.3 is 0 Å². The van der Waals surface area contributed by atoms with Gasteiger partial charge in [-0.25, -0.2) is 5.43 Å². The normalized spacial score (nSPS) is 10.8. The van der Waals surface area contributed by atoms with Gasteiger partial charge in [0, 0.05) is 34.1 Å². The van der Waals surface area contributed by atoms with Crippen LogP contribution in [0.15, 0.2) is 76.3 Å². The zero-order chi connectivity index (χ0) is 23.6. The monoisotopic (exact) mass is 547 g/mol. The zero-order valence-electron chi connectivity index (χ0n) is 17.4. The smallest absolute Gasteiger partial charge is 0.240 e. The molecule has 33 heavy (non-hydrogen) atoms. The van der Waals surface area contributed by atoms with E-state index in [1.807, 2.05) is 30.3 Å². The molecule has 0 atom stereocenters. The Balaban J connectivity index is 1.44. The van der Waals surface area contributed by atoms with E-state index in [1.165, 1.54) is 6.21 Å². The Bertz CT molecular complexity index is 1160. The third-order valence-electron chi connectivity index (χ3n) is 4.39. The SMILES string of the molecule is O=C(CCC(=O)Nc1ccccc1)NN=Cc1ccc(OCc2ccc(Cl)cc2Cl)c(Br)c1. The molecule has 170 valence electrons. The molecule has 0 aromatic heterocycles. The minimum absolute atomic E-state index is 0.0275. The lowest BCUT2D eigenvalue weighted by atomic mass is 10.2. The van der Waals surface area contributed by atoms with Crippen LogP contribution in [0.1, 0.15) is 24.0 Å². The number of carbonyl (C=O) groups is 2. The molecule has 9 heteroatoms. The summed E-state index contributed by atoms with van der Waals surface area (Å²) in [4.78, 5) is 23.8. The number of nitrogens with zero attached hydrogens (tertiary/aromatic N) is 1. The van der Waals surface area contributed by atoms with Crippen molar-refractivity contribution in [2.75, 3.05) is 5.32 Å². The number of para-hydroxylation sites is 1. The number of halogens is 3. The third-order valence-corrected chi connectivity index (χ3v) is 5.60. The number of hydrogen-bond donors (Lipinski definition) is 2. The van der Waals surface area contributed by atoms with Gasteiger partial charge in [-0.3, -0.25) is 9.59 Å². The van der Waals surface area contributed by atoms with Gasteiger partial charge in [-0.05, 0) is 64.0 Å². The second-order valence-electron chi connectivity index (χ2n) is 6.92. The van der Waals surface area contributed by atoms with Gasteiger partial charge < -0.3 is 10.1 Å². The number of rotatable bonds is 9. The summed E-state index contributed by atoms with van der Waals surface area (Å²) in [6.07, 6.45) is 1.59. The van der Waals surface area contributed by atoms with Crippen LogP contribution < -0.4 is 15.5 Å². The van der Waals surface area contributed by atoms with E-state index in [-0.39, 0.29) is 31.3 Å². The summed E-state index contributed by atoms with van der Waals surface area (Å²) < 4.78 is 6.53. The van der Waals surface area contributed by atoms with Crippen LogP contribution in [0.5, 0.6) is 5.75 Å². The minimum atomic E-state index is -0.353. The molecule has 0 saturated carbocycles. The van der Waals surface area contributed by atoms with Crippen LogP contribution in [0, 0.1) is 0 Å². The lowest BCUT2D eigenvalue weighted by molar-refractivity contribution is -0.124. The summed E-state index contributed by atoms with van der Waals surface area (Å²) in [5.41, 5.74) is 4.68. The molecule has 0 bridgehead atoms. The maximum Gasteiger partial charge on any atom is 0.240 e. The van der Waals surface area contributed by atoms with Crippen LogP contribution in [0.3, 0.4) is 0 Å². The molecule has 0 saturated heterocycles. The number of benzene rings is 3. The molecule has 2 amide bonds. The van der Waals surface area contributed by atoms with Crippen LogP contribution in [-0.4, -0.2) is 18.0 Å². The number of hydrogen-bond acceptors (Lipinski definition) is 4. The van der Waals surface area contributed by atoms with Gasteiger partial charge in [-0.15, -0.1) is 0 Å². The maximum atomic E-state index is 11.9. The van der Waals surface area contributed by atoms with Gasteiger partial charge in [-0.1, -0.05) is 47.5 Å². The fourth-order valence-corrected chi connectivity index (χ4v) is 3.69. The van der Waals surface area contributed by atoms with E-state index in [4.69, 9.17) is 27.9 Å². The molecule has 0 aliphatic heterocycles. The van der Waals surface area contributed by atoms with Gasteiger partial charge in [0.1, 0.15) is 12.4 Å². The van der Waals surface area contributed by atoms with Crippen molar-refractivity contribution in [2.24, 2.45) is 5.10 Å². The molecule has 0 heterocycles. The van der Waals surface area contributed by atoms with E-state index in [1.54, 1.807) is 36.4 Å². The highest BCUT2D eigenvalue weighted by molar-refractivity contribution is 9.10. The molecule has 0 fully saturated rings. The second-order valence-corrected chi connectivity index (χ2v) is 8.62. The molecule has 6 nitrogen and oxygen atoms in total. The van der Waals surface area contributed by atoms with Crippen molar-refractivity contribution in [2.45, 2.75) is 19.4 Å². The lowest BCUT2D eigenvalue weighted by Crippen LogP contribution is -2.20. The molecular weight excluding hydrogens is 529 g/mol. The second kappa shape index (κ2) is 12.4. The Morgan fingerprint density at radius 1 is 0.970 bits per heavy atom. The van der Waals surface area contributed by atoms with Crippen molar-refractivity contribution < 1.29 is 14.3 Å². The molecule has 0 spiro atoms. The summed E-state index contributed by atoms with van der Waals surface area (Å²) >= 11 is 15.5. The van der Waals surface area contributed by atoms with Crippen LogP contribution >= 0.6 is 39.1 Å². The molecular formula is C24H20BrCl2N3O3. The van der Waals surface area contributed by atoms with Crippen molar-refractivity contribution in [1.82, 2.24) is 5.43 Å². The van der Waals surface area contributed by atoms with Crippen LogP contribution in [0.2, 0.25) is 10.0 Å². The number of hydrazone groups is 1. The molecule has 3 aromatic rings. The van der Waals surface area contributed by atoms with E-state index in [2.05, 4.69) is 31.8 Å². The van der Waals surface area contributed by atoms with E-state index >= 15 is 0 Å². The number of carbonyl (C=O) groups excluding carboxylic acids is 2. The number of nitrogens with one attached hydrogen (secondary N) is 2. The van der Waals surface area contributed by atoms with Crippen LogP contribution in [-0.2, 0) is 16.2 Å². The highest BCUT2D eigenvalue weighted by Crippen LogP contribution is 2.28. The lowest BCUT2D eigenvalue weighted by Gasteiger charge is -2.10. The molecule has 0 aliphatic rings. The first-order valence-electron chi connectivity index (χ1n) is 9.94. The van der Waals surface area contributed by atoms with E-state index in [0.29, 0.717) is 21.5 Å². The Morgan fingerprint density at radius 2 is 1.73 bits per heavy atom. The number of ether oxygens (including phenoxy) is 1. The summed E-state index contributed by atoms with van der Waals surface area (Å²) in [6.45, 7) is 0.288. The number of anilines is 1. The van der Waals surface area contributed by atoms with Gasteiger partial charge in [0.15, 0.2) is 0 Å². The number of amides is 2. The molecule has 0 aliphatic carbocycles. The maximum absolute atomic E-state index is 11.9. The van der Waals surface area contributed by atoms with Crippen molar-refractivity contribution in [1.29, 1.82) is 0 Å². The van der Waals surface area contributed by atoms with Gasteiger partial charge in [0.2, 0.25) is 11.8 Å².